The lowest BCUT2D eigenvalue weighted by Crippen LogP contribution is -2.29. The summed E-state index contributed by atoms with van der Waals surface area (Å²) in [4.78, 5) is 25.0. The number of aromatic nitrogens is 4. The van der Waals surface area contributed by atoms with Crippen LogP contribution >= 0.6 is 15.9 Å². The molecule has 2 aromatic heterocycles. The number of halogens is 1. The van der Waals surface area contributed by atoms with Crippen LogP contribution in [0, 0.1) is 0 Å². The first-order chi connectivity index (χ1) is 9.06. The fourth-order valence-electron chi connectivity index (χ4n) is 1.90. The first-order valence-electron chi connectivity index (χ1n) is 6.10. The third-order valence-electron chi connectivity index (χ3n) is 2.91. The summed E-state index contributed by atoms with van der Waals surface area (Å²) in [5.41, 5.74) is 1.09. The van der Waals surface area contributed by atoms with Crippen molar-refractivity contribution in [2.75, 3.05) is 0 Å². The molecule has 0 bridgehead atoms. The molecule has 0 amide bonds. The van der Waals surface area contributed by atoms with Crippen LogP contribution < -0.4 is 11.2 Å². The maximum atomic E-state index is 11.7. The number of nitrogens with zero attached hydrogens (tertiary/aromatic N) is 3. The Labute approximate surface area is 118 Å². The van der Waals surface area contributed by atoms with E-state index in [9.17, 15) is 9.59 Å². The predicted octanol–water partition coefficient (Wildman–Crippen LogP) is 1.13. The normalized spacial score (nSPS) is 10.9. The monoisotopic (exact) mass is 326 g/mol. The maximum Gasteiger partial charge on any atom is 0.328 e. The van der Waals surface area contributed by atoms with Gasteiger partial charge in [0.25, 0.3) is 5.56 Å². The molecular formula is C12H15BrN4O2. The van der Waals surface area contributed by atoms with Crippen molar-refractivity contribution in [1.82, 2.24) is 19.3 Å². The largest absolute Gasteiger partial charge is 0.328 e. The van der Waals surface area contributed by atoms with Crippen LogP contribution in [-0.2, 0) is 19.5 Å². The van der Waals surface area contributed by atoms with Gasteiger partial charge in [-0.25, -0.2) is 4.79 Å². The van der Waals surface area contributed by atoms with Crippen LogP contribution in [0.3, 0.4) is 0 Å². The van der Waals surface area contributed by atoms with Crippen molar-refractivity contribution in [3.63, 3.8) is 0 Å². The first kappa shape index (κ1) is 13.8. The second-order valence-electron chi connectivity index (χ2n) is 4.11. The van der Waals surface area contributed by atoms with Crippen molar-refractivity contribution in [2.24, 2.45) is 0 Å². The number of nitrogens with one attached hydrogen (secondary N) is 1. The van der Waals surface area contributed by atoms with Gasteiger partial charge in [-0.05, 0) is 29.3 Å². The molecule has 0 saturated carbocycles. The molecule has 7 heteroatoms. The Hall–Kier alpha value is -1.63. The molecule has 0 aliphatic rings. The minimum Gasteiger partial charge on any atom is -0.295 e. The van der Waals surface area contributed by atoms with Crippen LogP contribution in [-0.4, -0.2) is 19.3 Å². The molecule has 2 heterocycles. The molecule has 102 valence electrons. The van der Waals surface area contributed by atoms with E-state index < -0.39 is 11.2 Å². The van der Waals surface area contributed by atoms with Crippen molar-refractivity contribution in [1.29, 1.82) is 0 Å². The van der Waals surface area contributed by atoms with E-state index in [0.717, 1.165) is 28.8 Å². The minimum atomic E-state index is -0.415. The Bertz CT molecular complexity index is 698. The predicted molar refractivity (Wildman–Crippen MR) is 75.4 cm³/mol. The molecule has 0 saturated heterocycles. The van der Waals surface area contributed by atoms with Crippen molar-refractivity contribution in [3.05, 3.63) is 49.0 Å². The lowest BCUT2D eigenvalue weighted by atomic mass is 10.3. The molecule has 0 aliphatic carbocycles. The molecule has 6 nitrogen and oxygen atoms in total. The standard InChI is InChI=1S/C12H15BrN4O2/c1-3-8-11(13)9(17(4-2)15-8)7-16-6-5-10(18)14-12(16)19/h5-6H,3-4,7H2,1-2H3,(H,14,18,19). The van der Waals surface area contributed by atoms with Gasteiger partial charge in [-0.1, -0.05) is 6.92 Å². The number of hydrogen-bond acceptors (Lipinski definition) is 3. The van der Waals surface area contributed by atoms with E-state index in [1.807, 2.05) is 18.5 Å². The van der Waals surface area contributed by atoms with Crippen LogP contribution in [0.15, 0.2) is 26.3 Å². The Kier molecular flexibility index (Phi) is 4.04. The zero-order valence-electron chi connectivity index (χ0n) is 10.8. The summed E-state index contributed by atoms with van der Waals surface area (Å²) < 4.78 is 4.24. The first-order valence-corrected chi connectivity index (χ1v) is 6.90. The molecule has 2 rings (SSSR count). The van der Waals surface area contributed by atoms with Crippen molar-refractivity contribution in [3.8, 4) is 0 Å². The van der Waals surface area contributed by atoms with Crippen LogP contribution in [0.1, 0.15) is 25.2 Å². The SMILES string of the molecule is CCc1nn(CC)c(Cn2ccc(=O)[nH]c2=O)c1Br. The quantitative estimate of drug-likeness (QED) is 0.915. The molecule has 0 spiro atoms. The molecule has 0 aromatic carbocycles. The number of rotatable bonds is 4. The molecule has 0 radical (unpaired) electrons. The highest BCUT2D eigenvalue weighted by atomic mass is 79.9. The van der Waals surface area contributed by atoms with E-state index in [4.69, 9.17) is 0 Å². The van der Waals surface area contributed by atoms with Crippen molar-refractivity contribution < 1.29 is 0 Å². The third kappa shape index (κ3) is 2.70. The lowest BCUT2D eigenvalue weighted by molar-refractivity contribution is 0.583. The molecule has 19 heavy (non-hydrogen) atoms. The smallest absolute Gasteiger partial charge is 0.295 e. The second-order valence-corrected chi connectivity index (χ2v) is 4.91. The van der Waals surface area contributed by atoms with Gasteiger partial charge >= 0.3 is 5.69 Å². The Morgan fingerprint density at radius 3 is 2.68 bits per heavy atom. The molecular weight excluding hydrogens is 312 g/mol. The highest BCUT2D eigenvalue weighted by Crippen LogP contribution is 2.22. The van der Waals surface area contributed by atoms with Crippen LogP contribution in [0.4, 0.5) is 0 Å². The third-order valence-corrected chi connectivity index (χ3v) is 3.83. The summed E-state index contributed by atoms with van der Waals surface area (Å²) in [7, 11) is 0. The number of H-pyrrole nitrogens is 1. The van der Waals surface area contributed by atoms with Gasteiger partial charge in [0.2, 0.25) is 0 Å². The van der Waals surface area contributed by atoms with Crippen LogP contribution in [0.25, 0.3) is 0 Å². The zero-order valence-corrected chi connectivity index (χ0v) is 12.4. The van der Waals surface area contributed by atoms with Crippen LogP contribution in [0.2, 0.25) is 0 Å². The van der Waals surface area contributed by atoms with E-state index >= 15 is 0 Å². The Morgan fingerprint density at radius 1 is 1.37 bits per heavy atom. The number of aryl methyl sites for hydroxylation is 2. The van der Waals surface area contributed by atoms with Gasteiger partial charge < -0.3 is 0 Å². The van der Waals surface area contributed by atoms with E-state index in [1.54, 1.807) is 0 Å². The van der Waals surface area contributed by atoms with E-state index in [1.165, 1.54) is 16.8 Å². The number of aromatic amines is 1. The summed E-state index contributed by atoms with van der Waals surface area (Å²) in [6.07, 6.45) is 2.31. The van der Waals surface area contributed by atoms with Gasteiger partial charge in [-0.3, -0.25) is 19.0 Å². The highest BCUT2D eigenvalue weighted by Gasteiger charge is 2.14. The molecule has 0 fully saturated rings. The van der Waals surface area contributed by atoms with Gasteiger partial charge in [-0.2, -0.15) is 5.10 Å². The van der Waals surface area contributed by atoms with E-state index in [0.29, 0.717) is 6.54 Å². The van der Waals surface area contributed by atoms with Gasteiger partial charge in [0, 0.05) is 18.8 Å². The Balaban J connectivity index is 2.45. The zero-order chi connectivity index (χ0) is 14.0. The van der Waals surface area contributed by atoms with Crippen molar-refractivity contribution in [2.45, 2.75) is 33.4 Å². The van der Waals surface area contributed by atoms with E-state index in [-0.39, 0.29) is 0 Å². The Morgan fingerprint density at radius 2 is 2.11 bits per heavy atom. The van der Waals surface area contributed by atoms with Crippen LogP contribution in [0.5, 0.6) is 0 Å². The fraction of sp³-hybridized carbons (Fsp3) is 0.417. The summed E-state index contributed by atoms with van der Waals surface area (Å²) in [6, 6.07) is 1.34. The summed E-state index contributed by atoms with van der Waals surface area (Å²) in [5.74, 6) is 0. The highest BCUT2D eigenvalue weighted by molar-refractivity contribution is 9.10. The van der Waals surface area contributed by atoms with Crippen molar-refractivity contribution >= 4 is 15.9 Å². The summed E-state index contributed by atoms with van der Waals surface area (Å²) in [6.45, 7) is 5.13. The molecule has 2 aromatic rings. The second kappa shape index (κ2) is 5.56. The average Bonchev–Trinajstić information content (AvgIpc) is 2.69. The topological polar surface area (TPSA) is 72.7 Å². The fourth-order valence-corrected chi connectivity index (χ4v) is 2.59. The summed E-state index contributed by atoms with van der Waals surface area (Å²) >= 11 is 3.53. The van der Waals surface area contributed by atoms with Gasteiger partial charge in [-0.15, -0.1) is 0 Å². The number of hydrogen-bond donors (Lipinski definition) is 1. The average molecular weight is 327 g/mol. The molecule has 0 atom stereocenters. The molecule has 1 N–H and O–H groups in total. The van der Waals surface area contributed by atoms with Gasteiger partial charge in [0.15, 0.2) is 0 Å². The lowest BCUT2D eigenvalue weighted by Gasteiger charge is -2.07. The maximum absolute atomic E-state index is 11.7. The van der Waals surface area contributed by atoms with E-state index in [2.05, 4.69) is 26.0 Å². The summed E-state index contributed by atoms with van der Waals surface area (Å²) in [5, 5.41) is 4.47. The van der Waals surface area contributed by atoms with Gasteiger partial charge in [0.05, 0.1) is 22.4 Å². The van der Waals surface area contributed by atoms with Gasteiger partial charge in [0.1, 0.15) is 0 Å². The minimum absolute atomic E-state index is 0.372. The molecule has 0 unspecified atom stereocenters. The molecule has 0 aliphatic heterocycles.